The number of benzene rings is 2. The molecule has 0 saturated carbocycles. The Morgan fingerprint density at radius 2 is 1.00 bits per heavy atom. The smallest absolute Gasteiger partial charge is 0.0607 e. The SMILES string of the molecule is S[C-](c1ccccc1)c1ccccc1. The molecule has 0 bridgehead atoms. The van der Waals surface area contributed by atoms with E-state index in [0.717, 1.165) is 16.4 Å². The van der Waals surface area contributed by atoms with Crippen LogP contribution in [0.1, 0.15) is 11.1 Å². The van der Waals surface area contributed by atoms with Crippen LogP contribution in [-0.2, 0) is 0 Å². The first kappa shape index (κ1) is 9.22. The van der Waals surface area contributed by atoms with E-state index in [1.165, 1.54) is 0 Å². The molecule has 0 atom stereocenters. The minimum atomic E-state index is 1.02. The Balaban J connectivity index is 2.30. The van der Waals surface area contributed by atoms with E-state index in [9.17, 15) is 0 Å². The molecule has 0 N–H and O–H groups in total. The Morgan fingerprint density at radius 3 is 1.36 bits per heavy atom. The summed E-state index contributed by atoms with van der Waals surface area (Å²) in [6, 6.07) is 20.4. The molecule has 0 saturated heterocycles. The van der Waals surface area contributed by atoms with Gasteiger partial charge < -0.3 is 0 Å². The molecule has 0 amide bonds. The Kier molecular flexibility index (Phi) is 2.80. The first-order valence-electron chi connectivity index (χ1n) is 4.54. The summed E-state index contributed by atoms with van der Waals surface area (Å²) in [5, 5.41) is 1.02. The van der Waals surface area contributed by atoms with Crippen LogP contribution in [0.5, 0.6) is 0 Å². The van der Waals surface area contributed by atoms with Crippen LogP contribution < -0.4 is 0 Å². The van der Waals surface area contributed by atoms with E-state index in [-0.39, 0.29) is 0 Å². The molecule has 0 aliphatic carbocycles. The molecule has 14 heavy (non-hydrogen) atoms. The van der Waals surface area contributed by atoms with E-state index < -0.39 is 0 Å². The lowest BCUT2D eigenvalue weighted by Gasteiger charge is -2.18. The monoisotopic (exact) mass is 199 g/mol. The highest BCUT2D eigenvalue weighted by Gasteiger charge is 1.98. The maximum Gasteiger partial charge on any atom is -0.0607 e. The van der Waals surface area contributed by atoms with Gasteiger partial charge in [-0.15, -0.1) is 35.4 Å². The summed E-state index contributed by atoms with van der Waals surface area (Å²) >= 11 is 4.53. The summed E-state index contributed by atoms with van der Waals surface area (Å²) in [7, 11) is 0. The van der Waals surface area contributed by atoms with Gasteiger partial charge in [-0.1, -0.05) is 41.6 Å². The summed E-state index contributed by atoms with van der Waals surface area (Å²) in [5.41, 5.74) is 2.31. The van der Waals surface area contributed by atoms with Gasteiger partial charge in [-0.3, -0.25) is 0 Å². The van der Waals surface area contributed by atoms with E-state index in [4.69, 9.17) is 0 Å². The van der Waals surface area contributed by atoms with Crippen molar-refractivity contribution in [2.24, 2.45) is 0 Å². The fraction of sp³-hybridized carbons (Fsp3) is 0. The van der Waals surface area contributed by atoms with Crippen molar-refractivity contribution in [3.63, 3.8) is 0 Å². The second kappa shape index (κ2) is 4.25. The molecule has 0 unspecified atom stereocenters. The molecule has 1 heteroatoms. The molecule has 0 spiro atoms. The number of hydrogen-bond donors (Lipinski definition) is 1. The predicted octanol–water partition coefficient (Wildman–Crippen LogP) is 3.54. The minimum Gasteiger partial charge on any atom is -0.186 e. The lowest BCUT2D eigenvalue weighted by molar-refractivity contribution is 1.40. The zero-order chi connectivity index (χ0) is 9.80. The van der Waals surface area contributed by atoms with Gasteiger partial charge in [0.1, 0.15) is 0 Å². The summed E-state index contributed by atoms with van der Waals surface area (Å²) in [6.45, 7) is 0. The zero-order valence-electron chi connectivity index (χ0n) is 7.72. The standard InChI is InChI=1S/C13H11S/c14-13(11-7-3-1-4-8-11)12-9-5-2-6-10-12/h1-10,14H/q-1. The molecule has 2 rings (SSSR count). The normalized spacial score (nSPS) is 9.79. The molecule has 0 nitrogen and oxygen atoms in total. The van der Waals surface area contributed by atoms with Crippen LogP contribution in [0.2, 0.25) is 0 Å². The Bertz CT molecular complexity index is 341. The summed E-state index contributed by atoms with van der Waals surface area (Å²) in [6.07, 6.45) is 0. The Labute approximate surface area is 90.0 Å². The van der Waals surface area contributed by atoms with Crippen molar-refractivity contribution in [3.8, 4) is 0 Å². The maximum atomic E-state index is 4.53. The molecule has 70 valence electrons. The quantitative estimate of drug-likeness (QED) is 0.555. The molecule has 2 aromatic rings. The Hall–Kier alpha value is -1.34. The largest absolute Gasteiger partial charge is 0.186 e. The van der Waals surface area contributed by atoms with Gasteiger partial charge in [-0.2, -0.15) is 12.6 Å². The molecule has 0 heterocycles. The fourth-order valence-corrected chi connectivity index (χ4v) is 1.66. The third kappa shape index (κ3) is 1.94. The molecule has 0 aliphatic rings. The average Bonchev–Trinajstić information content (AvgIpc) is 2.30. The lowest BCUT2D eigenvalue weighted by atomic mass is 10.0. The van der Waals surface area contributed by atoms with Crippen LogP contribution in [0.15, 0.2) is 60.7 Å². The van der Waals surface area contributed by atoms with Crippen LogP contribution >= 0.6 is 12.6 Å². The first-order chi connectivity index (χ1) is 6.88. The molecule has 0 aliphatic heterocycles. The summed E-state index contributed by atoms with van der Waals surface area (Å²) < 4.78 is 0. The minimum absolute atomic E-state index is 1.02. The van der Waals surface area contributed by atoms with Gasteiger partial charge in [0.15, 0.2) is 0 Å². The Morgan fingerprint density at radius 1 is 0.643 bits per heavy atom. The van der Waals surface area contributed by atoms with Crippen molar-refractivity contribution >= 4 is 12.6 Å². The topological polar surface area (TPSA) is 0 Å². The van der Waals surface area contributed by atoms with E-state index in [1.54, 1.807) is 0 Å². The van der Waals surface area contributed by atoms with E-state index in [2.05, 4.69) is 36.9 Å². The third-order valence-electron chi connectivity index (χ3n) is 2.09. The molecular formula is C13H11S-. The van der Waals surface area contributed by atoms with Gasteiger partial charge in [-0.05, 0) is 0 Å². The van der Waals surface area contributed by atoms with Gasteiger partial charge in [0.05, 0.1) is 0 Å². The van der Waals surface area contributed by atoms with Crippen LogP contribution in [0.3, 0.4) is 0 Å². The fourth-order valence-electron chi connectivity index (χ4n) is 1.36. The summed E-state index contributed by atoms with van der Waals surface area (Å²) in [5.74, 6) is 0. The lowest BCUT2D eigenvalue weighted by Crippen LogP contribution is -1.92. The van der Waals surface area contributed by atoms with E-state index in [1.807, 2.05) is 36.4 Å². The number of hydrogen-bond acceptors (Lipinski definition) is 1. The predicted molar refractivity (Wildman–Crippen MR) is 63.3 cm³/mol. The van der Waals surface area contributed by atoms with Gasteiger partial charge >= 0.3 is 0 Å². The second-order valence-electron chi connectivity index (χ2n) is 3.08. The van der Waals surface area contributed by atoms with Crippen molar-refractivity contribution in [2.75, 3.05) is 0 Å². The third-order valence-corrected chi connectivity index (χ3v) is 2.61. The average molecular weight is 199 g/mol. The number of thiol groups is 1. The second-order valence-corrected chi connectivity index (χ2v) is 3.53. The van der Waals surface area contributed by atoms with Crippen molar-refractivity contribution in [1.82, 2.24) is 0 Å². The molecule has 0 fully saturated rings. The van der Waals surface area contributed by atoms with Gasteiger partial charge in [0.25, 0.3) is 0 Å². The van der Waals surface area contributed by atoms with Crippen LogP contribution in [-0.4, -0.2) is 0 Å². The van der Waals surface area contributed by atoms with Gasteiger partial charge in [0.2, 0.25) is 0 Å². The van der Waals surface area contributed by atoms with Crippen LogP contribution in [0.4, 0.5) is 0 Å². The van der Waals surface area contributed by atoms with Crippen molar-refractivity contribution < 1.29 is 0 Å². The van der Waals surface area contributed by atoms with E-state index in [0.29, 0.717) is 0 Å². The first-order valence-corrected chi connectivity index (χ1v) is 4.99. The molecule has 2 aromatic carbocycles. The van der Waals surface area contributed by atoms with E-state index >= 15 is 0 Å². The van der Waals surface area contributed by atoms with Crippen LogP contribution in [0, 0.1) is 5.25 Å². The van der Waals surface area contributed by atoms with Crippen LogP contribution in [0.25, 0.3) is 0 Å². The molecule has 0 aromatic heterocycles. The molecule has 0 radical (unpaired) electrons. The van der Waals surface area contributed by atoms with Crippen molar-refractivity contribution in [3.05, 3.63) is 77.0 Å². The highest BCUT2D eigenvalue weighted by atomic mass is 32.1. The zero-order valence-corrected chi connectivity index (χ0v) is 8.62. The summed E-state index contributed by atoms with van der Waals surface area (Å²) in [4.78, 5) is 0. The highest BCUT2D eigenvalue weighted by molar-refractivity contribution is 7.84. The van der Waals surface area contributed by atoms with Crippen molar-refractivity contribution in [2.45, 2.75) is 0 Å². The van der Waals surface area contributed by atoms with Gasteiger partial charge in [-0.25, -0.2) is 0 Å². The number of rotatable bonds is 2. The van der Waals surface area contributed by atoms with Gasteiger partial charge in [0, 0.05) is 0 Å². The molecular weight excluding hydrogens is 188 g/mol. The maximum absolute atomic E-state index is 4.53. The highest BCUT2D eigenvalue weighted by Crippen LogP contribution is 2.26. The van der Waals surface area contributed by atoms with Crippen molar-refractivity contribution in [1.29, 1.82) is 0 Å².